The minimum Gasteiger partial charge on any atom is -0.508 e. The lowest BCUT2D eigenvalue weighted by Gasteiger charge is -2.50. The Kier molecular flexibility index (Phi) is 6.61. The van der Waals surface area contributed by atoms with Crippen molar-refractivity contribution in [2.24, 2.45) is 17.6 Å². The van der Waals surface area contributed by atoms with Crippen LogP contribution in [0.5, 0.6) is 5.75 Å². The van der Waals surface area contributed by atoms with Crippen LogP contribution in [0.15, 0.2) is 29.0 Å². The van der Waals surface area contributed by atoms with Crippen LogP contribution in [0.1, 0.15) is 24.5 Å². The number of benzene rings is 1. The predicted molar refractivity (Wildman–Crippen MR) is 131 cm³/mol. The zero-order chi connectivity index (χ0) is 27.4. The Morgan fingerprint density at radius 2 is 1.86 bits per heavy atom. The number of primary amides is 1. The van der Waals surface area contributed by atoms with E-state index in [1.807, 2.05) is 6.92 Å². The number of ketones is 2. The normalized spacial score (nSPS) is 27.1. The molecular formula is C25H30N4O8. The third-order valence-corrected chi connectivity index (χ3v) is 7.40. The van der Waals surface area contributed by atoms with Gasteiger partial charge in [-0.2, -0.15) is 0 Å². The van der Waals surface area contributed by atoms with Gasteiger partial charge in [-0.1, -0.05) is 13.0 Å². The van der Waals surface area contributed by atoms with Gasteiger partial charge in [0.15, 0.2) is 11.4 Å². The molecule has 12 heteroatoms. The van der Waals surface area contributed by atoms with Crippen LogP contribution < -0.4 is 16.4 Å². The number of carbonyl (C=O) groups is 4. The number of nitrogens with zero attached hydrogens (tertiary/aromatic N) is 1. The van der Waals surface area contributed by atoms with Crippen LogP contribution in [0, 0.1) is 11.8 Å². The minimum absolute atomic E-state index is 0.00531. The number of fused-ring (bicyclic) bond motifs is 3. The summed E-state index contributed by atoms with van der Waals surface area (Å²) in [5, 5.41) is 49.9. The molecule has 0 bridgehead atoms. The molecule has 37 heavy (non-hydrogen) atoms. The number of hydrogen-bond acceptors (Lipinski definition) is 10. The summed E-state index contributed by atoms with van der Waals surface area (Å²) in [4.78, 5) is 52.4. The van der Waals surface area contributed by atoms with Gasteiger partial charge >= 0.3 is 0 Å². The fraction of sp³-hybridized carbons (Fsp3) is 0.440. The van der Waals surface area contributed by atoms with Crippen LogP contribution >= 0.6 is 0 Å². The summed E-state index contributed by atoms with van der Waals surface area (Å²) in [6.45, 7) is 2.38. The van der Waals surface area contributed by atoms with Crippen molar-refractivity contribution in [3.05, 3.63) is 40.2 Å². The molecule has 3 aliphatic carbocycles. The van der Waals surface area contributed by atoms with Crippen LogP contribution in [0.3, 0.4) is 0 Å². The summed E-state index contributed by atoms with van der Waals surface area (Å²) in [6.07, 6.45) is 0.182. The van der Waals surface area contributed by atoms with Crippen molar-refractivity contribution in [2.75, 3.05) is 32.5 Å². The van der Waals surface area contributed by atoms with Gasteiger partial charge in [0.2, 0.25) is 11.7 Å². The SMILES string of the molecule is CCNCC(=O)Nc1ccc2c(c1O)C(O)=C1C(=O)[C@]3(O)C(O)=C(C(N)=O)C(=O)[C@@H](N(C)C)C3CC1C2. The number of rotatable bonds is 6. The van der Waals surface area contributed by atoms with Gasteiger partial charge in [0.25, 0.3) is 5.91 Å². The fourth-order valence-corrected chi connectivity index (χ4v) is 5.75. The number of amides is 2. The van der Waals surface area contributed by atoms with Crippen LogP contribution in [0.4, 0.5) is 5.69 Å². The second kappa shape index (κ2) is 9.29. The third-order valence-electron chi connectivity index (χ3n) is 7.40. The van der Waals surface area contributed by atoms with Gasteiger partial charge in [-0.05, 0) is 51.0 Å². The van der Waals surface area contributed by atoms with E-state index in [2.05, 4.69) is 10.6 Å². The number of phenolic OH excluding ortho intramolecular Hbond substituents is 1. The van der Waals surface area contributed by atoms with Crippen LogP contribution in [-0.2, 0) is 25.6 Å². The van der Waals surface area contributed by atoms with Crippen molar-refractivity contribution in [1.29, 1.82) is 0 Å². The standard InChI is InChI=1S/C25H30N4O8/c1-4-27-9-14(30)28-13-6-5-10-7-11-8-12-18(29(2)3)21(33)17(24(26)36)23(35)25(12,37)22(34)16(11)20(32)15(10)19(13)31/h5-6,11-12,18,27,31-32,35,37H,4,7-9H2,1-3H3,(H2,26,36)(H,28,30)/t11?,12?,18-,25-/m0/s1. The van der Waals surface area contributed by atoms with Gasteiger partial charge in [0.05, 0.1) is 23.8 Å². The lowest BCUT2D eigenvalue weighted by atomic mass is 9.57. The van der Waals surface area contributed by atoms with E-state index in [1.165, 1.54) is 25.1 Å². The Morgan fingerprint density at radius 3 is 2.46 bits per heavy atom. The molecule has 0 aromatic heterocycles. The van der Waals surface area contributed by atoms with Crippen molar-refractivity contribution >= 4 is 34.8 Å². The van der Waals surface area contributed by atoms with Crippen LogP contribution in [0.2, 0.25) is 0 Å². The molecule has 1 fully saturated rings. The van der Waals surface area contributed by atoms with Gasteiger partial charge < -0.3 is 36.8 Å². The minimum atomic E-state index is -2.70. The summed E-state index contributed by atoms with van der Waals surface area (Å²) >= 11 is 0. The molecule has 1 aromatic carbocycles. The summed E-state index contributed by atoms with van der Waals surface area (Å²) in [5.74, 6) is -7.63. The smallest absolute Gasteiger partial charge is 0.255 e. The number of carbonyl (C=O) groups excluding carboxylic acids is 4. The maximum Gasteiger partial charge on any atom is 0.255 e. The highest BCUT2D eigenvalue weighted by molar-refractivity contribution is 6.24. The van der Waals surface area contributed by atoms with Crippen LogP contribution in [-0.4, -0.2) is 87.5 Å². The molecule has 1 aromatic rings. The molecular weight excluding hydrogens is 484 g/mol. The highest BCUT2D eigenvalue weighted by Gasteiger charge is 2.64. The number of anilines is 1. The zero-order valence-electron chi connectivity index (χ0n) is 20.7. The molecule has 12 nitrogen and oxygen atoms in total. The first-order valence-electron chi connectivity index (χ1n) is 11.9. The van der Waals surface area contributed by atoms with Crippen molar-refractivity contribution < 1.29 is 39.6 Å². The number of nitrogens with one attached hydrogen (secondary N) is 2. The molecule has 0 spiro atoms. The monoisotopic (exact) mass is 514 g/mol. The van der Waals surface area contributed by atoms with Gasteiger partial charge in [0.1, 0.15) is 22.8 Å². The number of phenols is 1. The summed E-state index contributed by atoms with van der Waals surface area (Å²) in [7, 11) is 3.08. The summed E-state index contributed by atoms with van der Waals surface area (Å²) in [6, 6.07) is 1.95. The number of aliphatic hydroxyl groups excluding tert-OH is 2. The first-order valence-corrected chi connectivity index (χ1v) is 11.9. The topological polar surface area (TPSA) is 203 Å². The van der Waals surface area contributed by atoms with E-state index in [1.54, 1.807) is 6.07 Å². The van der Waals surface area contributed by atoms with Gasteiger partial charge in [0, 0.05) is 11.5 Å². The van der Waals surface area contributed by atoms with E-state index in [0.29, 0.717) is 12.1 Å². The highest BCUT2D eigenvalue weighted by Crippen LogP contribution is 2.53. The Balaban J connectivity index is 1.85. The molecule has 2 unspecified atom stereocenters. The Hall–Kier alpha value is -3.74. The Bertz CT molecular complexity index is 1280. The maximum absolute atomic E-state index is 13.8. The quantitative estimate of drug-likeness (QED) is 0.192. The molecule has 2 amide bonds. The van der Waals surface area contributed by atoms with Crippen molar-refractivity contribution in [3.8, 4) is 5.75 Å². The van der Waals surface area contributed by atoms with Gasteiger partial charge in [-0.15, -0.1) is 0 Å². The van der Waals surface area contributed by atoms with E-state index in [0.717, 1.165) is 0 Å². The molecule has 8 N–H and O–H groups in total. The predicted octanol–water partition coefficient (Wildman–Crippen LogP) is -0.488. The van der Waals surface area contributed by atoms with Crippen molar-refractivity contribution in [2.45, 2.75) is 31.4 Å². The number of aromatic hydroxyl groups is 1. The molecule has 0 aliphatic heterocycles. The molecule has 198 valence electrons. The van der Waals surface area contributed by atoms with Crippen molar-refractivity contribution in [3.63, 3.8) is 0 Å². The van der Waals surface area contributed by atoms with Crippen LogP contribution in [0.25, 0.3) is 5.76 Å². The van der Waals surface area contributed by atoms with E-state index >= 15 is 0 Å². The second-order valence-electron chi connectivity index (χ2n) is 9.79. The van der Waals surface area contributed by atoms with Gasteiger partial charge in [-0.3, -0.25) is 24.1 Å². The Morgan fingerprint density at radius 1 is 1.19 bits per heavy atom. The number of Topliss-reactive ketones (excluding diaryl/α,β-unsaturated/α-hetero) is 2. The summed E-state index contributed by atoms with van der Waals surface area (Å²) < 4.78 is 0. The van der Waals surface area contributed by atoms with Gasteiger partial charge in [-0.25, -0.2) is 0 Å². The first-order chi connectivity index (χ1) is 17.4. The average molecular weight is 515 g/mol. The molecule has 1 saturated carbocycles. The molecule has 3 aliphatic rings. The number of hydrogen-bond donors (Lipinski definition) is 7. The lowest BCUT2D eigenvalue weighted by molar-refractivity contribution is -0.153. The molecule has 0 radical (unpaired) electrons. The molecule has 0 heterocycles. The zero-order valence-corrected chi connectivity index (χ0v) is 20.7. The lowest BCUT2D eigenvalue weighted by Crippen LogP contribution is -2.65. The third kappa shape index (κ3) is 3.88. The van der Waals surface area contributed by atoms with E-state index in [-0.39, 0.29) is 36.2 Å². The van der Waals surface area contributed by atoms with E-state index in [9.17, 15) is 39.6 Å². The van der Waals surface area contributed by atoms with E-state index in [4.69, 9.17) is 5.73 Å². The maximum atomic E-state index is 13.8. The first kappa shape index (κ1) is 26.3. The van der Waals surface area contributed by atoms with E-state index < -0.39 is 69.7 Å². The molecule has 0 saturated heterocycles. The highest BCUT2D eigenvalue weighted by atomic mass is 16.3. The number of aliphatic hydroxyl groups is 3. The summed E-state index contributed by atoms with van der Waals surface area (Å²) in [5.41, 5.74) is 1.92. The second-order valence-corrected chi connectivity index (χ2v) is 9.79. The average Bonchev–Trinajstić information content (AvgIpc) is 2.81. The number of likely N-dealkylation sites (N-methyl/N-ethyl adjacent to an activating group) is 2. The van der Waals surface area contributed by atoms with Crippen molar-refractivity contribution in [1.82, 2.24) is 10.2 Å². The largest absolute Gasteiger partial charge is 0.508 e. The Labute approximate surface area is 212 Å². The molecule has 4 atom stereocenters. The fourth-order valence-electron chi connectivity index (χ4n) is 5.75. The number of nitrogens with two attached hydrogens (primary N) is 1. The molecule has 4 rings (SSSR count).